The van der Waals surface area contributed by atoms with Crippen molar-refractivity contribution in [3.05, 3.63) is 35.9 Å². The molecule has 0 aliphatic rings. The number of nitrogens with one attached hydrogen (secondary N) is 1. The molecule has 18 heavy (non-hydrogen) atoms. The molecular weight excluding hydrogens is 254 g/mol. The number of aliphatic carboxylic acids is 1. The molecule has 96 valence electrons. The second kappa shape index (κ2) is 6.80. The molecule has 0 spiro atoms. The first-order valence-corrected chi connectivity index (χ1v) is 6.23. The van der Waals surface area contributed by atoms with Crippen molar-refractivity contribution < 1.29 is 19.5 Å². The van der Waals surface area contributed by atoms with Crippen molar-refractivity contribution in [3.63, 3.8) is 0 Å². The molecule has 0 bridgehead atoms. The molecule has 1 aromatic rings. The summed E-state index contributed by atoms with van der Waals surface area (Å²) in [5.74, 6) is -1.72. The highest BCUT2D eigenvalue weighted by Crippen LogP contribution is 2.06. The van der Waals surface area contributed by atoms with Gasteiger partial charge in [0.2, 0.25) is 5.12 Å². The van der Waals surface area contributed by atoms with Gasteiger partial charge in [-0.15, -0.1) is 0 Å². The minimum atomic E-state index is -1.06. The van der Waals surface area contributed by atoms with Gasteiger partial charge in [0.1, 0.15) is 0 Å². The normalized spacial score (nSPS) is 11.6. The van der Waals surface area contributed by atoms with Crippen molar-refractivity contribution in [1.82, 2.24) is 5.32 Å². The van der Waals surface area contributed by atoms with Gasteiger partial charge in [0.15, 0.2) is 0 Å². The lowest BCUT2D eigenvalue weighted by atomic mass is 10.2. The van der Waals surface area contributed by atoms with Crippen LogP contribution in [0, 0.1) is 0 Å². The third-order valence-corrected chi connectivity index (χ3v) is 3.10. The lowest BCUT2D eigenvalue weighted by Gasteiger charge is -2.11. The van der Waals surface area contributed by atoms with Crippen molar-refractivity contribution in [2.75, 3.05) is 5.75 Å². The summed E-state index contributed by atoms with van der Waals surface area (Å²) in [5, 5.41) is 10.6. The van der Waals surface area contributed by atoms with Crippen LogP contribution in [-0.4, -0.2) is 33.9 Å². The van der Waals surface area contributed by atoms with Gasteiger partial charge in [-0.1, -0.05) is 30.0 Å². The Morgan fingerprint density at radius 2 is 1.89 bits per heavy atom. The van der Waals surface area contributed by atoms with E-state index in [9.17, 15) is 14.4 Å². The van der Waals surface area contributed by atoms with Crippen LogP contribution in [0.1, 0.15) is 17.3 Å². The van der Waals surface area contributed by atoms with Crippen LogP contribution < -0.4 is 5.32 Å². The predicted molar refractivity (Wildman–Crippen MR) is 68.5 cm³/mol. The summed E-state index contributed by atoms with van der Waals surface area (Å²) in [7, 11) is 0. The van der Waals surface area contributed by atoms with Crippen LogP contribution >= 0.6 is 11.8 Å². The molecule has 2 N–H and O–H groups in total. The Hall–Kier alpha value is -1.82. The van der Waals surface area contributed by atoms with E-state index in [2.05, 4.69) is 5.32 Å². The zero-order valence-corrected chi connectivity index (χ0v) is 10.6. The summed E-state index contributed by atoms with van der Waals surface area (Å²) in [6, 6.07) is 7.78. The Morgan fingerprint density at radius 3 is 2.44 bits per heavy atom. The molecular formula is C12H13NO4S. The zero-order chi connectivity index (χ0) is 13.5. The van der Waals surface area contributed by atoms with Gasteiger partial charge in [-0.2, -0.15) is 0 Å². The van der Waals surface area contributed by atoms with Gasteiger partial charge in [0.25, 0.3) is 5.91 Å². The Balaban J connectivity index is 2.49. The van der Waals surface area contributed by atoms with E-state index in [1.807, 2.05) is 0 Å². The molecule has 0 saturated heterocycles. The molecule has 0 aliphatic carbocycles. The number of carboxylic acid groups (broad SMARTS) is 1. The number of hydrogen-bond donors (Lipinski definition) is 2. The smallest absolute Gasteiger partial charge is 0.313 e. The van der Waals surface area contributed by atoms with Gasteiger partial charge >= 0.3 is 5.97 Å². The lowest BCUT2D eigenvalue weighted by molar-refractivity contribution is -0.134. The minimum Gasteiger partial charge on any atom is -0.481 e. The predicted octanol–water partition coefficient (Wildman–Crippen LogP) is 1.15. The Morgan fingerprint density at radius 1 is 1.28 bits per heavy atom. The molecule has 1 rings (SSSR count). The first kappa shape index (κ1) is 14.2. The fourth-order valence-electron chi connectivity index (χ4n) is 1.19. The number of thioether (sulfide) groups is 1. The van der Waals surface area contributed by atoms with E-state index in [1.54, 1.807) is 30.3 Å². The average Bonchev–Trinajstić information content (AvgIpc) is 2.36. The monoisotopic (exact) mass is 267 g/mol. The average molecular weight is 267 g/mol. The summed E-state index contributed by atoms with van der Waals surface area (Å²) in [6.45, 7) is 1.53. The third-order valence-electron chi connectivity index (χ3n) is 2.08. The van der Waals surface area contributed by atoms with Gasteiger partial charge < -0.3 is 10.4 Å². The molecule has 6 heteroatoms. The lowest BCUT2D eigenvalue weighted by Crippen LogP contribution is -2.37. The second-order valence-electron chi connectivity index (χ2n) is 3.56. The fraction of sp³-hybridized carbons (Fsp3) is 0.250. The molecule has 1 amide bonds. The van der Waals surface area contributed by atoms with Crippen LogP contribution in [0.2, 0.25) is 0 Å². The highest BCUT2D eigenvalue weighted by atomic mass is 32.2. The maximum Gasteiger partial charge on any atom is 0.313 e. The van der Waals surface area contributed by atoms with Crippen LogP contribution in [-0.2, 0) is 9.59 Å². The Kier molecular flexibility index (Phi) is 5.38. The number of carbonyl (C=O) groups is 3. The molecule has 0 aromatic heterocycles. The quantitative estimate of drug-likeness (QED) is 0.836. The maximum atomic E-state index is 11.7. The topological polar surface area (TPSA) is 83.5 Å². The van der Waals surface area contributed by atoms with E-state index >= 15 is 0 Å². The van der Waals surface area contributed by atoms with Crippen LogP contribution in [0.15, 0.2) is 30.3 Å². The van der Waals surface area contributed by atoms with Gasteiger partial charge in [-0.05, 0) is 19.1 Å². The second-order valence-corrected chi connectivity index (χ2v) is 4.54. The summed E-state index contributed by atoms with van der Waals surface area (Å²) in [5.41, 5.74) is 0.459. The number of carboxylic acids is 1. The molecule has 5 nitrogen and oxygen atoms in total. The van der Waals surface area contributed by atoms with E-state index in [0.29, 0.717) is 17.3 Å². The summed E-state index contributed by atoms with van der Waals surface area (Å²) < 4.78 is 0. The number of benzene rings is 1. The Labute approximate surface area is 109 Å². The van der Waals surface area contributed by atoms with Crippen LogP contribution in [0.25, 0.3) is 0 Å². The Bertz CT molecular complexity index is 447. The fourth-order valence-corrected chi connectivity index (χ4v) is 1.76. The van der Waals surface area contributed by atoms with Crippen molar-refractivity contribution in [2.45, 2.75) is 13.0 Å². The largest absolute Gasteiger partial charge is 0.481 e. The first-order chi connectivity index (χ1) is 8.50. The summed E-state index contributed by atoms with van der Waals surface area (Å²) >= 11 is 0.677. The van der Waals surface area contributed by atoms with Gasteiger partial charge in [0.05, 0.1) is 11.8 Å². The van der Waals surface area contributed by atoms with Gasteiger partial charge in [-0.25, -0.2) is 0 Å². The van der Waals surface area contributed by atoms with Crippen LogP contribution in [0.4, 0.5) is 0 Å². The van der Waals surface area contributed by atoms with E-state index in [-0.39, 0.29) is 16.8 Å². The molecule has 0 heterocycles. The molecule has 0 fully saturated rings. The van der Waals surface area contributed by atoms with E-state index in [1.165, 1.54) is 6.92 Å². The van der Waals surface area contributed by atoms with Crippen molar-refractivity contribution in [2.24, 2.45) is 0 Å². The SMILES string of the molecule is C[C@@H](NC(=O)c1ccccc1)C(=O)SCC(=O)O. The van der Waals surface area contributed by atoms with Crippen LogP contribution in [0.5, 0.6) is 0 Å². The number of amides is 1. The minimum absolute atomic E-state index is 0.301. The van der Waals surface area contributed by atoms with Crippen molar-refractivity contribution in [3.8, 4) is 0 Å². The number of hydrogen-bond acceptors (Lipinski definition) is 4. The highest BCUT2D eigenvalue weighted by Gasteiger charge is 2.17. The molecule has 0 unspecified atom stereocenters. The summed E-state index contributed by atoms with van der Waals surface area (Å²) in [4.78, 5) is 33.5. The number of carbonyl (C=O) groups excluding carboxylic acids is 2. The van der Waals surface area contributed by atoms with Gasteiger partial charge in [-0.3, -0.25) is 14.4 Å². The third kappa shape index (κ3) is 4.58. The van der Waals surface area contributed by atoms with E-state index < -0.39 is 12.0 Å². The maximum absolute atomic E-state index is 11.7. The zero-order valence-electron chi connectivity index (χ0n) is 9.75. The van der Waals surface area contributed by atoms with E-state index in [0.717, 1.165) is 0 Å². The van der Waals surface area contributed by atoms with Crippen molar-refractivity contribution >= 4 is 28.8 Å². The van der Waals surface area contributed by atoms with Crippen molar-refractivity contribution in [1.29, 1.82) is 0 Å². The standard InChI is InChI=1S/C12H13NO4S/c1-8(12(17)18-7-10(14)15)13-11(16)9-5-3-2-4-6-9/h2-6,8H,7H2,1H3,(H,13,16)(H,14,15)/t8-/m1/s1. The molecule has 0 aliphatic heterocycles. The first-order valence-electron chi connectivity index (χ1n) is 5.25. The van der Waals surface area contributed by atoms with Crippen LogP contribution in [0.3, 0.4) is 0 Å². The highest BCUT2D eigenvalue weighted by molar-refractivity contribution is 8.14. The van der Waals surface area contributed by atoms with Gasteiger partial charge in [0, 0.05) is 5.56 Å². The molecule has 0 radical (unpaired) electrons. The molecule has 1 atom stereocenters. The molecule has 1 aromatic carbocycles. The summed E-state index contributed by atoms with van der Waals surface area (Å²) in [6.07, 6.45) is 0. The molecule has 0 saturated carbocycles. The number of rotatable bonds is 5. The van der Waals surface area contributed by atoms with E-state index in [4.69, 9.17) is 5.11 Å².